The molecule has 3 heterocycles. The fourth-order valence-corrected chi connectivity index (χ4v) is 4.89. The van der Waals surface area contributed by atoms with Crippen molar-refractivity contribution in [1.29, 1.82) is 0 Å². The molecule has 0 radical (unpaired) electrons. The minimum atomic E-state index is -0.585. The van der Waals surface area contributed by atoms with Gasteiger partial charge in [0.05, 0.1) is 10.7 Å². The van der Waals surface area contributed by atoms with Gasteiger partial charge in [0, 0.05) is 19.6 Å². The number of carbonyl (C=O) groups excluding carboxylic acids is 1. The van der Waals surface area contributed by atoms with E-state index in [1.54, 1.807) is 0 Å². The normalized spacial score (nSPS) is 13.8. The first-order valence-corrected chi connectivity index (χ1v) is 11.2. The highest BCUT2D eigenvalue weighted by molar-refractivity contribution is 7.22. The van der Waals surface area contributed by atoms with Crippen molar-refractivity contribution in [2.75, 3.05) is 23.3 Å². The van der Waals surface area contributed by atoms with Crippen molar-refractivity contribution in [3.63, 3.8) is 0 Å². The van der Waals surface area contributed by atoms with E-state index < -0.39 is 17.4 Å². The predicted octanol–water partition coefficient (Wildman–Crippen LogP) is 3.06. The van der Waals surface area contributed by atoms with Crippen molar-refractivity contribution in [2.45, 2.75) is 39.3 Å². The lowest BCUT2D eigenvalue weighted by atomic mass is 10.3. The Bertz CT molecular complexity index is 1260. The number of amides is 1. The smallest absolute Gasteiger partial charge is 0.333 e. The first-order valence-electron chi connectivity index (χ1n) is 10.0. The van der Waals surface area contributed by atoms with Gasteiger partial charge < -0.3 is 10.2 Å². The summed E-state index contributed by atoms with van der Waals surface area (Å²) in [6.45, 7) is 3.45. The Hall–Kier alpha value is -2.72. The molecule has 31 heavy (non-hydrogen) atoms. The first-order chi connectivity index (χ1) is 14.9. The van der Waals surface area contributed by atoms with Crippen molar-refractivity contribution in [3.05, 3.63) is 49.9 Å². The lowest BCUT2D eigenvalue weighted by Crippen LogP contribution is -2.41. The number of anilines is 2. The molecule has 0 bridgehead atoms. The zero-order chi connectivity index (χ0) is 22.1. The van der Waals surface area contributed by atoms with Crippen molar-refractivity contribution in [1.82, 2.24) is 14.1 Å². The summed E-state index contributed by atoms with van der Waals surface area (Å²) in [6, 6.07) is 3.61. The molecular weight excluding hydrogens is 445 g/mol. The van der Waals surface area contributed by atoms with E-state index in [-0.39, 0.29) is 35.0 Å². The maximum absolute atomic E-state index is 13.3. The molecule has 0 spiro atoms. The van der Waals surface area contributed by atoms with E-state index in [0.717, 1.165) is 36.6 Å². The quantitative estimate of drug-likeness (QED) is 0.604. The highest BCUT2D eigenvalue weighted by Gasteiger charge is 2.23. The zero-order valence-electron chi connectivity index (χ0n) is 16.9. The number of fused-ring (bicyclic) bond motifs is 1. The molecule has 1 saturated heterocycles. The number of aromatic nitrogens is 3. The van der Waals surface area contributed by atoms with Gasteiger partial charge in [-0.2, -0.15) is 0 Å². The van der Waals surface area contributed by atoms with E-state index >= 15 is 0 Å². The van der Waals surface area contributed by atoms with Crippen LogP contribution in [0.25, 0.3) is 10.3 Å². The van der Waals surface area contributed by atoms with Crippen LogP contribution in [0.4, 0.5) is 15.2 Å². The molecule has 1 amide bonds. The summed E-state index contributed by atoms with van der Waals surface area (Å²) in [5, 5.41) is 3.31. The zero-order valence-corrected chi connectivity index (χ0v) is 18.4. The largest absolute Gasteiger partial charge is 0.348 e. The predicted molar refractivity (Wildman–Crippen MR) is 120 cm³/mol. The summed E-state index contributed by atoms with van der Waals surface area (Å²) in [5.41, 5.74) is -0.536. The van der Waals surface area contributed by atoms with Gasteiger partial charge in [-0.15, -0.1) is 0 Å². The van der Waals surface area contributed by atoms with Crippen LogP contribution in [0, 0.1) is 5.82 Å². The molecular formula is C20H21ClFN5O3S. The number of carbonyl (C=O) groups is 1. The second kappa shape index (κ2) is 8.80. The lowest BCUT2D eigenvalue weighted by molar-refractivity contribution is -0.116. The lowest BCUT2D eigenvalue weighted by Gasteiger charge is -2.12. The number of hydrogen-bond acceptors (Lipinski definition) is 6. The van der Waals surface area contributed by atoms with Gasteiger partial charge >= 0.3 is 5.69 Å². The molecule has 0 saturated carbocycles. The third-order valence-electron chi connectivity index (χ3n) is 5.09. The van der Waals surface area contributed by atoms with Crippen LogP contribution < -0.4 is 21.5 Å². The average Bonchev–Trinajstić information content (AvgIpc) is 3.40. The minimum Gasteiger partial charge on any atom is -0.348 e. The van der Waals surface area contributed by atoms with E-state index in [0.29, 0.717) is 16.3 Å². The van der Waals surface area contributed by atoms with Crippen LogP contribution in [0.1, 0.15) is 26.2 Å². The standard InChI is InChI=1S/C20H21ClFN5O3S/c1-2-7-26-18(29)16-17(24-19(31-16)25-8-3-4-9-25)27(20(26)30)11-15(28)23-14-6-5-12(22)10-13(14)21/h5-6,10H,2-4,7-9,11H2,1H3,(H,23,28). The molecule has 164 valence electrons. The van der Waals surface area contributed by atoms with E-state index in [9.17, 15) is 18.8 Å². The Kier molecular flexibility index (Phi) is 6.10. The van der Waals surface area contributed by atoms with Crippen LogP contribution in [-0.4, -0.2) is 33.1 Å². The first kappa shape index (κ1) is 21.5. The van der Waals surface area contributed by atoms with Crippen LogP contribution in [0.3, 0.4) is 0 Å². The molecule has 1 aromatic carbocycles. The second-order valence-electron chi connectivity index (χ2n) is 7.34. The van der Waals surface area contributed by atoms with Gasteiger partial charge in [-0.05, 0) is 37.5 Å². The maximum atomic E-state index is 13.3. The molecule has 11 heteroatoms. The fourth-order valence-electron chi connectivity index (χ4n) is 3.60. The van der Waals surface area contributed by atoms with E-state index in [1.807, 2.05) is 6.92 Å². The monoisotopic (exact) mass is 465 g/mol. The van der Waals surface area contributed by atoms with Crippen molar-refractivity contribution < 1.29 is 9.18 Å². The summed E-state index contributed by atoms with van der Waals surface area (Å²) >= 11 is 7.23. The van der Waals surface area contributed by atoms with Gasteiger partial charge in [0.1, 0.15) is 17.1 Å². The molecule has 2 aromatic heterocycles. The molecule has 0 aliphatic carbocycles. The molecule has 3 aromatic rings. The van der Waals surface area contributed by atoms with E-state index in [2.05, 4.69) is 15.2 Å². The Balaban J connectivity index is 1.75. The highest BCUT2D eigenvalue weighted by Crippen LogP contribution is 2.28. The summed E-state index contributed by atoms with van der Waals surface area (Å²) in [7, 11) is 0. The van der Waals surface area contributed by atoms with Gasteiger partial charge in [-0.1, -0.05) is 29.9 Å². The van der Waals surface area contributed by atoms with Gasteiger partial charge in [0.2, 0.25) is 5.91 Å². The molecule has 4 rings (SSSR count). The van der Waals surface area contributed by atoms with Gasteiger partial charge in [-0.3, -0.25) is 18.7 Å². The van der Waals surface area contributed by atoms with Crippen molar-refractivity contribution in [2.24, 2.45) is 0 Å². The number of halogens is 2. The van der Waals surface area contributed by atoms with Crippen LogP contribution in [0.15, 0.2) is 27.8 Å². The molecule has 1 N–H and O–H groups in total. The maximum Gasteiger partial charge on any atom is 0.333 e. The second-order valence-corrected chi connectivity index (χ2v) is 8.73. The van der Waals surface area contributed by atoms with Crippen LogP contribution >= 0.6 is 22.9 Å². The van der Waals surface area contributed by atoms with Crippen molar-refractivity contribution >= 4 is 50.0 Å². The molecule has 1 aliphatic heterocycles. The summed E-state index contributed by atoms with van der Waals surface area (Å²) < 4.78 is 16.0. The SMILES string of the molecule is CCCn1c(=O)c2sc(N3CCCC3)nc2n(CC(=O)Nc2ccc(F)cc2Cl)c1=O. The van der Waals surface area contributed by atoms with Gasteiger partial charge in [0.15, 0.2) is 10.8 Å². The average molecular weight is 466 g/mol. The molecule has 1 aliphatic rings. The Labute approximate surface area is 185 Å². The molecule has 1 fully saturated rings. The van der Waals surface area contributed by atoms with E-state index in [1.165, 1.54) is 28.0 Å². The number of rotatable bonds is 6. The number of benzene rings is 1. The number of hydrogen-bond donors (Lipinski definition) is 1. The number of nitrogens with zero attached hydrogens (tertiary/aromatic N) is 4. The van der Waals surface area contributed by atoms with Gasteiger partial charge in [-0.25, -0.2) is 14.2 Å². The Morgan fingerprint density at radius 3 is 2.68 bits per heavy atom. The van der Waals surface area contributed by atoms with Crippen LogP contribution in [-0.2, 0) is 17.9 Å². The van der Waals surface area contributed by atoms with E-state index in [4.69, 9.17) is 11.6 Å². The summed E-state index contributed by atoms with van der Waals surface area (Å²) in [6.07, 6.45) is 2.68. The van der Waals surface area contributed by atoms with Gasteiger partial charge in [0.25, 0.3) is 5.56 Å². The fraction of sp³-hybridized carbons (Fsp3) is 0.400. The number of nitrogens with one attached hydrogen (secondary N) is 1. The summed E-state index contributed by atoms with van der Waals surface area (Å²) in [4.78, 5) is 45.3. The highest BCUT2D eigenvalue weighted by atomic mass is 35.5. The van der Waals surface area contributed by atoms with Crippen molar-refractivity contribution in [3.8, 4) is 0 Å². The Morgan fingerprint density at radius 1 is 1.26 bits per heavy atom. The number of thiazole rings is 1. The van der Waals surface area contributed by atoms with Crippen LogP contribution in [0.5, 0.6) is 0 Å². The molecule has 8 nitrogen and oxygen atoms in total. The third-order valence-corrected chi connectivity index (χ3v) is 6.49. The van der Waals surface area contributed by atoms with Crippen LogP contribution in [0.2, 0.25) is 5.02 Å². The Morgan fingerprint density at radius 2 is 2.00 bits per heavy atom. The third kappa shape index (κ3) is 4.22. The summed E-state index contributed by atoms with van der Waals surface area (Å²) in [5.74, 6) is -1.06. The minimum absolute atomic E-state index is 0.0479. The topological polar surface area (TPSA) is 89.2 Å². The molecule has 0 atom stereocenters. The molecule has 0 unspecified atom stereocenters.